The quantitative estimate of drug-likeness (QED) is 0.759. The Morgan fingerprint density at radius 2 is 1.91 bits per heavy atom. The molecule has 23 heavy (non-hydrogen) atoms. The highest BCUT2D eigenvalue weighted by atomic mass is 16.5. The highest BCUT2D eigenvalue weighted by molar-refractivity contribution is 5.91. The lowest BCUT2D eigenvalue weighted by atomic mass is 10.1. The van der Waals surface area contributed by atoms with Gasteiger partial charge in [0.25, 0.3) is 5.91 Å². The van der Waals surface area contributed by atoms with Crippen molar-refractivity contribution < 1.29 is 18.7 Å². The lowest BCUT2D eigenvalue weighted by Gasteiger charge is -2.06. The Morgan fingerprint density at radius 3 is 2.61 bits per heavy atom. The molecule has 5 nitrogen and oxygen atoms in total. The number of hydrogen-bond acceptors (Lipinski definition) is 4. The maximum Gasteiger partial charge on any atom is 0.286 e. The molecular formula is C18H23NO4. The summed E-state index contributed by atoms with van der Waals surface area (Å²) in [5, 5.41) is 2.78. The Kier molecular flexibility index (Phi) is 6.23. The Hall–Kier alpha value is -2.27. The Labute approximate surface area is 136 Å². The minimum absolute atomic E-state index is 0.223. The molecule has 5 heteroatoms. The third-order valence-corrected chi connectivity index (χ3v) is 3.27. The SMILES string of the molecule is COCCCNC(=O)c1ccc(COc2cc(C)cc(C)c2)o1. The van der Waals surface area contributed by atoms with Gasteiger partial charge in [0.1, 0.15) is 18.1 Å². The zero-order chi connectivity index (χ0) is 16.7. The molecule has 0 saturated carbocycles. The van der Waals surface area contributed by atoms with Crippen molar-refractivity contribution in [3.8, 4) is 5.75 Å². The van der Waals surface area contributed by atoms with Crippen LogP contribution in [0.5, 0.6) is 5.75 Å². The first-order valence-corrected chi connectivity index (χ1v) is 7.65. The summed E-state index contributed by atoms with van der Waals surface area (Å²) >= 11 is 0. The van der Waals surface area contributed by atoms with Crippen LogP contribution >= 0.6 is 0 Å². The molecule has 0 saturated heterocycles. The van der Waals surface area contributed by atoms with Gasteiger partial charge in [-0.25, -0.2) is 0 Å². The van der Waals surface area contributed by atoms with E-state index in [1.807, 2.05) is 26.0 Å². The van der Waals surface area contributed by atoms with E-state index in [9.17, 15) is 4.79 Å². The lowest BCUT2D eigenvalue weighted by Crippen LogP contribution is -2.24. The highest BCUT2D eigenvalue weighted by Crippen LogP contribution is 2.18. The number of carbonyl (C=O) groups is 1. The summed E-state index contributed by atoms with van der Waals surface area (Å²) in [4.78, 5) is 11.9. The van der Waals surface area contributed by atoms with E-state index in [-0.39, 0.29) is 5.91 Å². The molecule has 0 aliphatic heterocycles. The summed E-state index contributed by atoms with van der Waals surface area (Å²) in [5.74, 6) is 1.48. The van der Waals surface area contributed by atoms with Gasteiger partial charge >= 0.3 is 0 Å². The Morgan fingerprint density at radius 1 is 1.17 bits per heavy atom. The first-order valence-electron chi connectivity index (χ1n) is 7.65. The first-order chi connectivity index (χ1) is 11.1. The molecule has 0 fully saturated rings. The van der Waals surface area contributed by atoms with Gasteiger partial charge in [0.15, 0.2) is 5.76 Å². The number of amides is 1. The van der Waals surface area contributed by atoms with Gasteiger partial charge in [-0.1, -0.05) is 6.07 Å². The average Bonchev–Trinajstić information content (AvgIpc) is 2.97. The number of hydrogen-bond donors (Lipinski definition) is 1. The fraction of sp³-hybridized carbons (Fsp3) is 0.389. The van der Waals surface area contributed by atoms with Crippen LogP contribution in [0.25, 0.3) is 0 Å². The van der Waals surface area contributed by atoms with Crippen molar-refractivity contribution in [2.75, 3.05) is 20.3 Å². The summed E-state index contributed by atoms with van der Waals surface area (Å²) in [7, 11) is 1.64. The van der Waals surface area contributed by atoms with E-state index in [1.165, 1.54) is 0 Å². The second-order valence-corrected chi connectivity index (χ2v) is 5.48. The topological polar surface area (TPSA) is 60.7 Å². The Balaban J connectivity index is 1.85. The second kappa shape index (κ2) is 8.39. The predicted molar refractivity (Wildman–Crippen MR) is 87.8 cm³/mol. The number of ether oxygens (including phenoxy) is 2. The van der Waals surface area contributed by atoms with E-state index in [0.717, 1.165) is 23.3 Å². The van der Waals surface area contributed by atoms with E-state index in [0.29, 0.717) is 31.3 Å². The van der Waals surface area contributed by atoms with Crippen LogP contribution in [0.4, 0.5) is 0 Å². The van der Waals surface area contributed by atoms with E-state index in [2.05, 4.69) is 11.4 Å². The number of furan rings is 1. The van der Waals surface area contributed by atoms with Crippen molar-refractivity contribution >= 4 is 5.91 Å². The number of methoxy groups -OCH3 is 1. The van der Waals surface area contributed by atoms with Crippen molar-refractivity contribution in [1.82, 2.24) is 5.32 Å². The van der Waals surface area contributed by atoms with Crippen LogP contribution in [-0.2, 0) is 11.3 Å². The molecule has 0 spiro atoms. The van der Waals surface area contributed by atoms with Gasteiger partial charge in [0, 0.05) is 20.3 Å². The standard InChI is InChI=1S/C18H23NO4/c1-13-9-14(2)11-16(10-13)22-12-15-5-6-17(23-15)18(20)19-7-4-8-21-3/h5-6,9-11H,4,7-8,12H2,1-3H3,(H,19,20). The fourth-order valence-corrected chi connectivity index (χ4v) is 2.25. The van der Waals surface area contributed by atoms with Crippen LogP contribution in [0.15, 0.2) is 34.7 Å². The van der Waals surface area contributed by atoms with E-state index in [4.69, 9.17) is 13.9 Å². The van der Waals surface area contributed by atoms with Crippen LogP contribution in [0.3, 0.4) is 0 Å². The molecule has 1 aromatic carbocycles. The molecule has 2 rings (SSSR count). The summed E-state index contributed by atoms with van der Waals surface area (Å²) < 4.78 is 16.2. The van der Waals surface area contributed by atoms with Gasteiger partial charge in [0.05, 0.1) is 0 Å². The maximum atomic E-state index is 11.9. The van der Waals surface area contributed by atoms with E-state index >= 15 is 0 Å². The van der Waals surface area contributed by atoms with Crippen molar-refractivity contribution in [2.24, 2.45) is 0 Å². The first kappa shape index (κ1) is 17.1. The number of carbonyl (C=O) groups excluding carboxylic acids is 1. The van der Waals surface area contributed by atoms with Crippen molar-refractivity contribution in [3.05, 3.63) is 53.0 Å². The molecule has 1 N–H and O–H groups in total. The molecule has 1 amide bonds. The molecule has 0 bridgehead atoms. The van der Waals surface area contributed by atoms with E-state index < -0.39 is 0 Å². The normalized spacial score (nSPS) is 10.6. The third-order valence-electron chi connectivity index (χ3n) is 3.27. The molecule has 0 aliphatic carbocycles. The molecule has 0 unspecified atom stereocenters. The van der Waals surface area contributed by atoms with Crippen LogP contribution in [-0.4, -0.2) is 26.2 Å². The van der Waals surface area contributed by atoms with Crippen molar-refractivity contribution in [1.29, 1.82) is 0 Å². The van der Waals surface area contributed by atoms with Gasteiger partial charge in [0.2, 0.25) is 0 Å². The van der Waals surface area contributed by atoms with Gasteiger partial charge in [-0.15, -0.1) is 0 Å². The molecule has 0 radical (unpaired) electrons. The number of benzene rings is 1. The number of rotatable bonds is 8. The van der Waals surface area contributed by atoms with Crippen LogP contribution in [0.1, 0.15) is 33.9 Å². The van der Waals surface area contributed by atoms with Gasteiger partial charge in [-0.05, 0) is 55.7 Å². The van der Waals surface area contributed by atoms with E-state index in [1.54, 1.807) is 19.2 Å². The number of nitrogens with one attached hydrogen (secondary N) is 1. The molecule has 124 valence electrons. The van der Waals surface area contributed by atoms with Gasteiger partial charge in [-0.2, -0.15) is 0 Å². The maximum absolute atomic E-state index is 11.9. The second-order valence-electron chi connectivity index (χ2n) is 5.48. The Bertz CT molecular complexity index is 628. The largest absolute Gasteiger partial charge is 0.486 e. The molecule has 0 atom stereocenters. The summed E-state index contributed by atoms with van der Waals surface area (Å²) in [6, 6.07) is 9.45. The summed E-state index contributed by atoms with van der Waals surface area (Å²) in [6.07, 6.45) is 0.769. The molecule has 0 aliphatic rings. The van der Waals surface area contributed by atoms with Gasteiger partial charge in [-0.3, -0.25) is 4.79 Å². The minimum atomic E-state index is -0.223. The zero-order valence-corrected chi connectivity index (χ0v) is 13.8. The molecular weight excluding hydrogens is 294 g/mol. The molecule has 1 heterocycles. The monoisotopic (exact) mass is 317 g/mol. The summed E-state index contributed by atoms with van der Waals surface area (Å²) in [5.41, 5.74) is 2.30. The predicted octanol–water partition coefficient (Wildman–Crippen LogP) is 3.24. The zero-order valence-electron chi connectivity index (χ0n) is 13.8. The summed E-state index contributed by atoms with van der Waals surface area (Å²) in [6.45, 7) is 5.52. The van der Waals surface area contributed by atoms with Crippen molar-refractivity contribution in [3.63, 3.8) is 0 Å². The third kappa shape index (κ3) is 5.45. The van der Waals surface area contributed by atoms with Crippen molar-refractivity contribution in [2.45, 2.75) is 26.9 Å². The minimum Gasteiger partial charge on any atom is -0.486 e. The fourth-order valence-electron chi connectivity index (χ4n) is 2.25. The van der Waals surface area contributed by atoms with Crippen LogP contribution in [0.2, 0.25) is 0 Å². The van der Waals surface area contributed by atoms with Crippen LogP contribution in [0, 0.1) is 13.8 Å². The highest BCUT2D eigenvalue weighted by Gasteiger charge is 2.11. The van der Waals surface area contributed by atoms with Crippen LogP contribution < -0.4 is 10.1 Å². The van der Waals surface area contributed by atoms with Gasteiger partial charge < -0.3 is 19.2 Å². The molecule has 1 aromatic heterocycles. The average molecular weight is 317 g/mol. The lowest BCUT2D eigenvalue weighted by molar-refractivity contribution is 0.0917. The molecule has 2 aromatic rings. The smallest absolute Gasteiger partial charge is 0.286 e. The number of aryl methyl sites for hydroxylation is 2.